The molecular formula is C22H27FN6O5S. The van der Waals surface area contributed by atoms with Crippen LogP contribution in [0.4, 0.5) is 20.7 Å². The van der Waals surface area contributed by atoms with E-state index >= 15 is 0 Å². The molecule has 1 saturated heterocycles. The van der Waals surface area contributed by atoms with Crippen LogP contribution < -0.4 is 11.1 Å². The Bertz CT molecular complexity index is 1220. The van der Waals surface area contributed by atoms with Crippen LogP contribution in [-0.2, 0) is 9.84 Å². The second-order valence-electron chi connectivity index (χ2n) is 8.63. The maximum Gasteiger partial charge on any atom is 0.407 e. The first kappa shape index (κ1) is 26.0. The highest BCUT2D eigenvalue weighted by atomic mass is 32.2. The van der Waals surface area contributed by atoms with Crippen molar-refractivity contribution in [3.05, 3.63) is 41.8 Å². The van der Waals surface area contributed by atoms with Crippen molar-refractivity contribution in [3.63, 3.8) is 0 Å². The number of nitrogens with two attached hydrogens (primary N) is 1. The fourth-order valence-electron chi connectivity index (χ4n) is 4.38. The summed E-state index contributed by atoms with van der Waals surface area (Å²) in [6, 6.07) is 6.51. The molecule has 1 aromatic carbocycles. The summed E-state index contributed by atoms with van der Waals surface area (Å²) in [4.78, 5) is 25.0. The number of carbonyl (C=O) groups excluding carboxylic acids is 1. The van der Waals surface area contributed by atoms with Crippen molar-refractivity contribution in [1.29, 1.82) is 5.26 Å². The molecule has 3 unspecified atom stereocenters. The van der Waals surface area contributed by atoms with Gasteiger partial charge in [-0.3, -0.25) is 9.48 Å². The number of primary amides is 1. The lowest BCUT2D eigenvalue weighted by molar-refractivity contribution is 0.0737. The van der Waals surface area contributed by atoms with Crippen molar-refractivity contribution in [2.75, 3.05) is 23.9 Å². The van der Waals surface area contributed by atoms with Crippen LogP contribution in [-0.4, -0.2) is 64.8 Å². The van der Waals surface area contributed by atoms with Gasteiger partial charge in [-0.1, -0.05) is 0 Å². The number of sulfone groups is 1. The van der Waals surface area contributed by atoms with E-state index in [1.807, 2.05) is 0 Å². The minimum atomic E-state index is -3.29. The number of carboxylic acid groups (broad SMARTS) is 1. The van der Waals surface area contributed by atoms with Gasteiger partial charge in [0.15, 0.2) is 5.82 Å². The number of nitrogens with one attached hydrogen (secondary N) is 1. The van der Waals surface area contributed by atoms with Gasteiger partial charge in [-0.15, -0.1) is 0 Å². The number of nitrogens with zero attached hydrogens (tertiary/aromatic N) is 4. The average molecular weight is 507 g/mol. The fraction of sp³-hybridized carbons (Fsp3) is 0.455. The van der Waals surface area contributed by atoms with E-state index in [0.29, 0.717) is 18.5 Å². The van der Waals surface area contributed by atoms with Crippen LogP contribution in [0.3, 0.4) is 0 Å². The molecule has 0 bridgehead atoms. The first-order valence-corrected chi connectivity index (χ1v) is 13.0. The first-order valence-electron chi connectivity index (χ1n) is 10.9. The van der Waals surface area contributed by atoms with Crippen molar-refractivity contribution in [1.82, 2.24) is 14.7 Å². The molecule has 3 atom stereocenters. The van der Waals surface area contributed by atoms with E-state index < -0.39 is 39.7 Å². The van der Waals surface area contributed by atoms with Crippen molar-refractivity contribution in [2.45, 2.75) is 37.8 Å². The normalized spacial score (nSPS) is 19.1. The lowest BCUT2D eigenvalue weighted by Gasteiger charge is -2.40. The van der Waals surface area contributed by atoms with Crippen molar-refractivity contribution in [3.8, 4) is 6.07 Å². The van der Waals surface area contributed by atoms with E-state index in [-0.39, 0.29) is 42.4 Å². The summed E-state index contributed by atoms with van der Waals surface area (Å²) in [6.45, 7) is 0.182. The molecule has 2 aromatic rings. The molecule has 188 valence electrons. The summed E-state index contributed by atoms with van der Waals surface area (Å²) in [5, 5.41) is 26.4. The van der Waals surface area contributed by atoms with Crippen molar-refractivity contribution < 1.29 is 27.5 Å². The quantitative estimate of drug-likeness (QED) is 0.465. The maximum atomic E-state index is 13.2. The maximum absolute atomic E-state index is 13.2. The molecule has 0 aliphatic carbocycles. The third kappa shape index (κ3) is 6.69. The number of hydrogen-bond acceptors (Lipinski definition) is 7. The molecule has 1 aliphatic heterocycles. The van der Waals surface area contributed by atoms with Crippen LogP contribution in [0, 0.1) is 23.1 Å². The van der Waals surface area contributed by atoms with Gasteiger partial charge in [0.25, 0.3) is 5.91 Å². The van der Waals surface area contributed by atoms with E-state index in [0.717, 1.165) is 6.26 Å². The van der Waals surface area contributed by atoms with Crippen LogP contribution in [0.5, 0.6) is 0 Å². The van der Waals surface area contributed by atoms with Crippen LogP contribution in [0.25, 0.3) is 0 Å². The zero-order valence-electron chi connectivity index (χ0n) is 19.1. The van der Waals surface area contributed by atoms with Crippen molar-refractivity contribution >= 4 is 33.3 Å². The number of rotatable bonds is 9. The molecule has 0 radical (unpaired) electrons. The highest BCUT2D eigenvalue weighted by Gasteiger charge is 2.37. The minimum absolute atomic E-state index is 0.0341. The second kappa shape index (κ2) is 10.7. The van der Waals surface area contributed by atoms with Crippen LogP contribution in [0.1, 0.15) is 42.1 Å². The third-order valence-electron chi connectivity index (χ3n) is 6.11. The Morgan fingerprint density at radius 3 is 2.63 bits per heavy atom. The number of likely N-dealkylation sites (tertiary alicyclic amines) is 1. The molecular weight excluding hydrogens is 479 g/mol. The molecule has 3 rings (SSSR count). The van der Waals surface area contributed by atoms with Gasteiger partial charge >= 0.3 is 6.09 Å². The summed E-state index contributed by atoms with van der Waals surface area (Å²) in [5.74, 6) is -1.39. The number of nitriles is 1. The molecule has 0 spiro atoms. The molecule has 2 amide bonds. The molecule has 4 N–H and O–H groups in total. The molecule has 11 nitrogen and oxygen atoms in total. The van der Waals surface area contributed by atoms with Crippen molar-refractivity contribution in [2.24, 2.45) is 11.7 Å². The summed E-state index contributed by atoms with van der Waals surface area (Å²) >= 11 is 0. The highest BCUT2D eigenvalue weighted by Crippen LogP contribution is 2.36. The Labute approximate surface area is 202 Å². The number of hydrogen-bond donors (Lipinski definition) is 3. The topological polar surface area (TPSA) is 171 Å². The largest absolute Gasteiger partial charge is 0.465 e. The van der Waals surface area contributed by atoms with Gasteiger partial charge in [0.05, 0.1) is 24.3 Å². The lowest BCUT2D eigenvalue weighted by Crippen LogP contribution is -2.47. The number of halogens is 1. The Kier molecular flexibility index (Phi) is 7.96. The summed E-state index contributed by atoms with van der Waals surface area (Å²) < 4.78 is 38.0. The zero-order valence-corrected chi connectivity index (χ0v) is 19.9. The second-order valence-corrected chi connectivity index (χ2v) is 10.9. The van der Waals surface area contributed by atoms with Gasteiger partial charge in [-0.05, 0) is 49.4 Å². The number of anilines is 2. The molecule has 1 aromatic heterocycles. The lowest BCUT2D eigenvalue weighted by atomic mass is 9.83. The summed E-state index contributed by atoms with van der Waals surface area (Å²) in [7, 11) is -3.29. The summed E-state index contributed by atoms with van der Waals surface area (Å²) in [5.41, 5.74) is 6.08. The molecule has 2 heterocycles. The minimum Gasteiger partial charge on any atom is -0.465 e. The number of benzene rings is 1. The number of carbonyl (C=O) groups is 2. The first-order chi connectivity index (χ1) is 16.5. The molecule has 35 heavy (non-hydrogen) atoms. The number of amides is 2. The van der Waals surface area contributed by atoms with E-state index in [1.54, 1.807) is 0 Å². The van der Waals surface area contributed by atoms with E-state index in [1.165, 1.54) is 40.0 Å². The average Bonchev–Trinajstić information content (AvgIpc) is 3.20. The number of piperidine rings is 1. The predicted octanol–water partition coefficient (Wildman–Crippen LogP) is 2.51. The van der Waals surface area contributed by atoms with Crippen LogP contribution in [0.15, 0.2) is 30.5 Å². The van der Waals surface area contributed by atoms with Crippen LogP contribution >= 0.6 is 0 Å². The number of aromatic nitrogens is 2. The Morgan fingerprint density at radius 2 is 2.06 bits per heavy atom. The Morgan fingerprint density at radius 1 is 1.37 bits per heavy atom. The molecule has 13 heteroatoms. The van der Waals surface area contributed by atoms with Gasteiger partial charge in [-0.2, -0.15) is 10.4 Å². The van der Waals surface area contributed by atoms with E-state index in [4.69, 9.17) is 5.73 Å². The van der Waals surface area contributed by atoms with Gasteiger partial charge in [0.2, 0.25) is 0 Å². The monoisotopic (exact) mass is 506 g/mol. The third-order valence-corrected chi connectivity index (χ3v) is 7.09. The zero-order chi connectivity index (χ0) is 25.8. The Balaban J connectivity index is 1.89. The van der Waals surface area contributed by atoms with E-state index in [2.05, 4.69) is 16.5 Å². The summed E-state index contributed by atoms with van der Waals surface area (Å²) in [6.07, 6.45) is 2.35. The SMILES string of the molecule is CS(=O)(=O)CCC1CC(C(CC#N)n2cc(C(N)=O)c(Nc3ccc(F)cc3)n2)CCN1C(=O)O. The predicted molar refractivity (Wildman–Crippen MR) is 125 cm³/mol. The van der Waals surface area contributed by atoms with E-state index in [9.17, 15) is 32.8 Å². The van der Waals surface area contributed by atoms with Gasteiger partial charge < -0.3 is 21.1 Å². The Hall–Kier alpha value is -3.66. The standard InChI is InChI=1S/C22H27FN6O5S/c1-35(33,34)11-8-17-12-14(7-10-28(17)22(31)32)19(6-9-24)29-13-18(20(25)30)21(27-29)26-16-4-2-15(23)3-5-16/h2-5,13-14,17,19H,6-8,10-12H2,1H3,(H2,25,30)(H,26,27)(H,31,32). The highest BCUT2D eigenvalue weighted by molar-refractivity contribution is 7.90. The molecule has 0 saturated carbocycles. The van der Waals surface area contributed by atoms with Crippen LogP contribution in [0.2, 0.25) is 0 Å². The van der Waals surface area contributed by atoms with Gasteiger partial charge in [0, 0.05) is 30.7 Å². The molecule has 1 aliphatic rings. The fourth-order valence-corrected chi connectivity index (χ4v) is 5.08. The van der Waals surface area contributed by atoms with Gasteiger partial charge in [0.1, 0.15) is 21.2 Å². The molecule has 1 fully saturated rings. The van der Waals surface area contributed by atoms with Gasteiger partial charge in [-0.25, -0.2) is 17.6 Å². The smallest absolute Gasteiger partial charge is 0.407 e.